The number of rotatable bonds is 5. The summed E-state index contributed by atoms with van der Waals surface area (Å²) in [6.07, 6.45) is 0. The van der Waals surface area contributed by atoms with Gasteiger partial charge in [0.25, 0.3) is 10.0 Å². The highest BCUT2D eigenvalue weighted by molar-refractivity contribution is 7.92. The molecule has 1 N–H and O–H groups in total. The van der Waals surface area contributed by atoms with Crippen LogP contribution in [-0.4, -0.2) is 22.5 Å². The highest BCUT2D eigenvalue weighted by Gasteiger charge is 2.16. The van der Waals surface area contributed by atoms with Gasteiger partial charge in [0.15, 0.2) is 0 Å². The Morgan fingerprint density at radius 2 is 1.88 bits per heavy atom. The summed E-state index contributed by atoms with van der Waals surface area (Å²) < 4.78 is 27.3. The first-order valence-corrected chi connectivity index (χ1v) is 8.25. The molecule has 2 rings (SSSR count). The molecule has 0 atom stereocenters. The van der Waals surface area contributed by atoms with Gasteiger partial charge in [-0.05, 0) is 48.0 Å². The molecule has 0 saturated carbocycles. The second kappa shape index (κ2) is 6.91. The van der Waals surface area contributed by atoms with E-state index in [2.05, 4.69) is 14.7 Å². The molecule has 0 aromatic heterocycles. The van der Waals surface area contributed by atoms with E-state index in [1.165, 1.54) is 18.2 Å². The van der Waals surface area contributed by atoms with Crippen LogP contribution in [-0.2, 0) is 10.0 Å². The van der Waals surface area contributed by atoms with Gasteiger partial charge in [0.1, 0.15) is 0 Å². The number of hydrogen-bond acceptors (Lipinski definition) is 5. The summed E-state index contributed by atoms with van der Waals surface area (Å²) in [5, 5.41) is 12.4. The average molecular weight is 342 g/mol. The smallest absolute Gasteiger partial charge is 0.261 e. The molecule has 0 amide bonds. The van der Waals surface area contributed by atoms with Crippen LogP contribution in [0.3, 0.4) is 0 Å². The van der Waals surface area contributed by atoms with E-state index in [1.807, 2.05) is 25.1 Å². The number of nitrogens with one attached hydrogen (secondary N) is 1. The molecule has 0 unspecified atom stereocenters. The van der Waals surface area contributed by atoms with Gasteiger partial charge in [0.2, 0.25) is 0 Å². The van der Waals surface area contributed by atoms with Gasteiger partial charge in [0, 0.05) is 30.4 Å². The van der Waals surface area contributed by atoms with Crippen molar-refractivity contribution in [2.45, 2.75) is 4.90 Å². The normalized spacial score (nSPS) is 10.4. The van der Waals surface area contributed by atoms with Gasteiger partial charge in [0.05, 0.1) is 22.2 Å². The highest BCUT2D eigenvalue weighted by Crippen LogP contribution is 2.24. The van der Waals surface area contributed by atoms with Crippen molar-refractivity contribution in [3.05, 3.63) is 58.5 Å². The zero-order valence-electron chi connectivity index (χ0n) is 13.0. The summed E-state index contributed by atoms with van der Waals surface area (Å²) in [5.41, 5.74) is 9.84. The number of nitrogens with zero attached hydrogens (tertiary/aromatic N) is 5. The van der Waals surface area contributed by atoms with Crippen molar-refractivity contribution in [1.82, 2.24) is 0 Å². The van der Waals surface area contributed by atoms with E-state index in [0.29, 0.717) is 5.69 Å². The van der Waals surface area contributed by atoms with Crippen LogP contribution in [0.15, 0.2) is 52.5 Å². The standard InChI is InChI=1S/C15H14N6O2S/c1-21(2)13-5-3-12(4-6-13)19-24(22,23)14-7-8-15(18-20-17)11(9-14)10-16/h3-9,19H,1-2H3. The van der Waals surface area contributed by atoms with Crippen molar-refractivity contribution >= 4 is 27.1 Å². The fourth-order valence-electron chi connectivity index (χ4n) is 1.95. The number of benzene rings is 2. The van der Waals surface area contributed by atoms with Gasteiger partial charge in [-0.2, -0.15) is 5.26 Å². The third-order valence-electron chi connectivity index (χ3n) is 3.19. The lowest BCUT2D eigenvalue weighted by molar-refractivity contribution is 0.601. The largest absolute Gasteiger partial charge is 0.378 e. The summed E-state index contributed by atoms with van der Waals surface area (Å²) >= 11 is 0. The van der Waals surface area contributed by atoms with E-state index < -0.39 is 10.0 Å². The molecule has 9 heteroatoms. The molecule has 24 heavy (non-hydrogen) atoms. The minimum atomic E-state index is -3.86. The predicted octanol–water partition coefficient (Wildman–Crippen LogP) is 3.37. The van der Waals surface area contributed by atoms with Gasteiger partial charge < -0.3 is 4.90 Å². The Bertz CT molecular complexity index is 939. The van der Waals surface area contributed by atoms with Crippen LogP contribution in [0, 0.1) is 11.3 Å². The van der Waals surface area contributed by atoms with Crippen molar-refractivity contribution < 1.29 is 8.42 Å². The van der Waals surface area contributed by atoms with Gasteiger partial charge in [-0.15, -0.1) is 0 Å². The molecule has 0 aliphatic heterocycles. The first-order chi connectivity index (χ1) is 11.4. The second-order valence-corrected chi connectivity index (χ2v) is 6.71. The fourth-order valence-corrected chi connectivity index (χ4v) is 3.03. The molecule has 0 saturated heterocycles. The van der Waals surface area contributed by atoms with Gasteiger partial charge in [-0.25, -0.2) is 8.42 Å². The maximum atomic E-state index is 12.4. The number of anilines is 2. The number of hydrogen-bond donors (Lipinski definition) is 1. The number of sulfonamides is 1. The molecule has 0 spiro atoms. The van der Waals surface area contributed by atoms with E-state index in [9.17, 15) is 8.42 Å². The van der Waals surface area contributed by atoms with E-state index in [1.54, 1.807) is 24.3 Å². The number of nitriles is 1. The first-order valence-electron chi connectivity index (χ1n) is 6.77. The van der Waals surface area contributed by atoms with Gasteiger partial charge >= 0.3 is 0 Å². The molecule has 0 aliphatic rings. The Balaban J connectivity index is 2.33. The van der Waals surface area contributed by atoms with E-state index in [4.69, 9.17) is 10.8 Å². The molecular formula is C15H14N6O2S. The van der Waals surface area contributed by atoms with E-state index in [0.717, 1.165) is 5.69 Å². The Morgan fingerprint density at radius 3 is 2.42 bits per heavy atom. The van der Waals surface area contributed by atoms with Crippen LogP contribution in [0.1, 0.15) is 5.56 Å². The average Bonchev–Trinajstić information content (AvgIpc) is 2.55. The fraction of sp³-hybridized carbons (Fsp3) is 0.133. The zero-order valence-corrected chi connectivity index (χ0v) is 13.8. The lowest BCUT2D eigenvalue weighted by Crippen LogP contribution is -2.13. The van der Waals surface area contributed by atoms with Crippen LogP contribution >= 0.6 is 0 Å². The molecule has 2 aromatic carbocycles. The van der Waals surface area contributed by atoms with E-state index >= 15 is 0 Å². The van der Waals surface area contributed by atoms with Gasteiger partial charge in [-0.3, -0.25) is 4.72 Å². The molecule has 0 fully saturated rings. The lowest BCUT2D eigenvalue weighted by Gasteiger charge is -2.13. The molecule has 0 heterocycles. The first kappa shape index (κ1) is 17.1. The molecule has 122 valence electrons. The molecule has 2 aromatic rings. The molecular weight excluding hydrogens is 328 g/mol. The van der Waals surface area contributed by atoms with E-state index in [-0.39, 0.29) is 16.1 Å². The molecule has 0 radical (unpaired) electrons. The van der Waals surface area contributed by atoms with Crippen molar-refractivity contribution in [2.24, 2.45) is 5.11 Å². The third kappa shape index (κ3) is 3.76. The summed E-state index contributed by atoms with van der Waals surface area (Å²) in [6, 6.07) is 12.4. The van der Waals surface area contributed by atoms with Crippen molar-refractivity contribution in [3.8, 4) is 6.07 Å². The second-order valence-electron chi connectivity index (χ2n) is 5.03. The maximum absolute atomic E-state index is 12.4. The summed E-state index contributed by atoms with van der Waals surface area (Å²) in [5.74, 6) is 0. The molecule has 0 bridgehead atoms. The summed E-state index contributed by atoms with van der Waals surface area (Å²) in [7, 11) is -0.0946. The Hall–Kier alpha value is -3.21. The SMILES string of the molecule is CN(C)c1ccc(NS(=O)(=O)c2ccc(N=[N+]=[N-])c(C#N)c2)cc1. The minimum absolute atomic E-state index is 0.0152. The summed E-state index contributed by atoms with van der Waals surface area (Å²) in [6.45, 7) is 0. The Kier molecular flexibility index (Phi) is 4.94. The lowest BCUT2D eigenvalue weighted by atomic mass is 10.2. The van der Waals surface area contributed by atoms with Crippen LogP contribution in [0.25, 0.3) is 10.4 Å². The zero-order chi connectivity index (χ0) is 17.7. The molecule has 0 aliphatic carbocycles. The van der Waals surface area contributed by atoms with Gasteiger partial charge in [-0.1, -0.05) is 5.11 Å². The Morgan fingerprint density at radius 1 is 1.21 bits per heavy atom. The van der Waals surface area contributed by atoms with Crippen LogP contribution < -0.4 is 9.62 Å². The topological polar surface area (TPSA) is 122 Å². The number of azide groups is 1. The van der Waals surface area contributed by atoms with Crippen molar-refractivity contribution in [2.75, 3.05) is 23.7 Å². The van der Waals surface area contributed by atoms with Crippen molar-refractivity contribution in [3.63, 3.8) is 0 Å². The predicted molar refractivity (Wildman–Crippen MR) is 91.5 cm³/mol. The van der Waals surface area contributed by atoms with Crippen LogP contribution in [0.4, 0.5) is 17.1 Å². The minimum Gasteiger partial charge on any atom is -0.378 e. The molecule has 8 nitrogen and oxygen atoms in total. The Labute approximate surface area is 139 Å². The summed E-state index contributed by atoms with van der Waals surface area (Å²) in [4.78, 5) is 4.41. The maximum Gasteiger partial charge on any atom is 0.261 e. The van der Waals surface area contributed by atoms with Crippen LogP contribution in [0.2, 0.25) is 0 Å². The quantitative estimate of drug-likeness (QED) is 0.508. The monoisotopic (exact) mass is 342 g/mol. The third-order valence-corrected chi connectivity index (χ3v) is 4.57. The van der Waals surface area contributed by atoms with Crippen LogP contribution in [0.5, 0.6) is 0 Å². The highest BCUT2D eigenvalue weighted by atomic mass is 32.2. The van der Waals surface area contributed by atoms with Crippen molar-refractivity contribution in [1.29, 1.82) is 5.26 Å².